The van der Waals surface area contributed by atoms with Crippen LogP contribution in [0.3, 0.4) is 0 Å². The number of hydrogen-bond acceptors (Lipinski definition) is 2. The third-order valence-electron chi connectivity index (χ3n) is 9.86. The summed E-state index contributed by atoms with van der Waals surface area (Å²) in [5.41, 5.74) is 17.4. The van der Waals surface area contributed by atoms with Gasteiger partial charge in [-0.25, -0.2) is 0 Å². The number of thiophene rings is 1. The first kappa shape index (κ1) is 49.3. The van der Waals surface area contributed by atoms with E-state index in [0.717, 1.165) is 22.5 Å². The Balaban J connectivity index is 0.000000254. The predicted octanol–water partition coefficient (Wildman–Crippen LogP) is 18.4. The van der Waals surface area contributed by atoms with Gasteiger partial charge < -0.3 is 0 Å². The quantitative estimate of drug-likeness (QED) is 0.153. The van der Waals surface area contributed by atoms with Gasteiger partial charge in [-0.15, -0.1) is 11.3 Å². The Labute approximate surface area is 372 Å². The summed E-state index contributed by atoms with van der Waals surface area (Å²) >= 11 is 1.89. The highest BCUT2D eigenvalue weighted by Crippen LogP contribution is 2.41. The highest BCUT2D eigenvalue weighted by molar-refractivity contribution is 7.25. The van der Waals surface area contributed by atoms with Crippen molar-refractivity contribution >= 4 is 42.8 Å². The largest absolute Gasteiger partial charge is 0.258 e. The summed E-state index contributed by atoms with van der Waals surface area (Å²) in [6, 6.07) is 57.3. The van der Waals surface area contributed by atoms with Crippen molar-refractivity contribution in [1.82, 2.24) is 0 Å². The Bertz CT molecular complexity index is 2610. The van der Waals surface area contributed by atoms with Crippen LogP contribution in [0.4, 0.5) is 0 Å². The van der Waals surface area contributed by atoms with E-state index in [0.29, 0.717) is 0 Å². The first-order chi connectivity index (χ1) is 29.4. The fourth-order valence-electron chi connectivity index (χ4n) is 6.86. The molecule has 0 fully saturated rings. The van der Waals surface area contributed by atoms with Crippen LogP contribution in [0.5, 0.6) is 0 Å². The molecule has 1 aromatic heterocycles. The van der Waals surface area contributed by atoms with Crippen molar-refractivity contribution in [3.8, 4) is 22.3 Å². The van der Waals surface area contributed by atoms with Crippen LogP contribution in [0, 0.1) is 34.6 Å². The smallest absolute Gasteiger partial charge is 0.0447 e. The van der Waals surface area contributed by atoms with Crippen molar-refractivity contribution in [3.63, 3.8) is 0 Å². The molecule has 0 bridgehead atoms. The van der Waals surface area contributed by atoms with Crippen molar-refractivity contribution in [2.45, 2.75) is 83.1 Å². The Morgan fingerprint density at radius 2 is 0.967 bits per heavy atom. The van der Waals surface area contributed by atoms with Crippen LogP contribution >= 0.6 is 11.3 Å². The van der Waals surface area contributed by atoms with Crippen LogP contribution in [0.25, 0.3) is 48.0 Å². The maximum absolute atomic E-state index is 4.27. The summed E-state index contributed by atoms with van der Waals surface area (Å²) in [7, 11) is 0. The third kappa shape index (κ3) is 14.3. The Morgan fingerprint density at radius 3 is 1.49 bits per heavy atom. The van der Waals surface area contributed by atoms with Gasteiger partial charge in [-0.1, -0.05) is 198 Å². The van der Waals surface area contributed by atoms with Crippen molar-refractivity contribution in [2.75, 3.05) is 0 Å². The SMILES string of the molecule is C=C(C)N=C(C)c1ccccc1.C=C(C)c1ccccc1.CC.CC.Cc1cc2sc3ccccc3c2cc1-c1ccc(C)c(-c2ccccc2C)c1C.Cc1ccccc1. The molecule has 314 valence electrons. The molecule has 1 nitrogen and oxygen atoms in total. The lowest BCUT2D eigenvalue weighted by Crippen LogP contribution is -1.95. The van der Waals surface area contributed by atoms with Crippen LogP contribution in [-0.2, 0) is 0 Å². The maximum Gasteiger partial charge on any atom is 0.0447 e. The minimum absolute atomic E-state index is 0.844. The molecule has 7 aromatic carbocycles. The molecular formula is C59H67NS. The van der Waals surface area contributed by atoms with E-state index in [9.17, 15) is 0 Å². The molecular weight excluding hydrogens is 755 g/mol. The molecule has 0 atom stereocenters. The van der Waals surface area contributed by atoms with Gasteiger partial charge in [-0.2, -0.15) is 0 Å². The molecule has 0 spiro atoms. The molecule has 0 unspecified atom stereocenters. The molecule has 0 aliphatic heterocycles. The van der Waals surface area contributed by atoms with E-state index in [1.165, 1.54) is 75.8 Å². The molecule has 0 radical (unpaired) electrons. The summed E-state index contributed by atoms with van der Waals surface area (Å²) in [4.78, 5) is 4.27. The number of aryl methyl sites for hydroxylation is 4. The molecule has 1 heterocycles. The van der Waals surface area contributed by atoms with Crippen LogP contribution in [-0.4, -0.2) is 5.71 Å². The molecule has 0 saturated carbocycles. The van der Waals surface area contributed by atoms with Gasteiger partial charge in [0.25, 0.3) is 0 Å². The first-order valence-electron chi connectivity index (χ1n) is 21.5. The molecule has 0 amide bonds. The number of fused-ring (bicyclic) bond motifs is 3. The van der Waals surface area contributed by atoms with Crippen molar-refractivity contribution < 1.29 is 0 Å². The van der Waals surface area contributed by atoms with Gasteiger partial charge in [0.2, 0.25) is 0 Å². The lowest BCUT2D eigenvalue weighted by molar-refractivity contribution is 1.31. The number of hydrogen-bond donors (Lipinski definition) is 0. The predicted molar refractivity (Wildman–Crippen MR) is 278 cm³/mol. The zero-order chi connectivity index (χ0) is 44.9. The third-order valence-corrected chi connectivity index (χ3v) is 11.0. The summed E-state index contributed by atoms with van der Waals surface area (Å²) in [5.74, 6) is 0. The van der Waals surface area contributed by atoms with E-state index in [-0.39, 0.29) is 0 Å². The van der Waals surface area contributed by atoms with Gasteiger partial charge in [-0.05, 0) is 129 Å². The van der Waals surface area contributed by atoms with Crippen LogP contribution in [0.2, 0.25) is 0 Å². The minimum atomic E-state index is 0.844. The Kier molecular flexibility index (Phi) is 20.6. The zero-order valence-corrected chi connectivity index (χ0v) is 39.7. The van der Waals surface area contributed by atoms with E-state index < -0.39 is 0 Å². The fraction of sp³-hybridized carbons (Fsp3) is 0.203. The summed E-state index contributed by atoms with van der Waals surface area (Å²) in [6.07, 6.45) is 0. The maximum atomic E-state index is 4.27. The number of aliphatic imine (C=N–C) groups is 1. The van der Waals surface area contributed by atoms with Gasteiger partial charge in [0.15, 0.2) is 0 Å². The summed E-state index contributed by atoms with van der Waals surface area (Å²) in [6.45, 7) is 32.5. The van der Waals surface area contributed by atoms with E-state index in [1.807, 2.05) is 127 Å². The average Bonchev–Trinajstić information content (AvgIpc) is 3.64. The van der Waals surface area contributed by atoms with E-state index >= 15 is 0 Å². The Morgan fingerprint density at radius 1 is 0.443 bits per heavy atom. The van der Waals surface area contributed by atoms with Gasteiger partial charge >= 0.3 is 0 Å². The molecule has 0 aliphatic carbocycles. The van der Waals surface area contributed by atoms with Crippen LogP contribution in [0.1, 0.15) is 87.4 Å². The second-order valence-corrected chi connectivity index (χ2v) is 15.7. The minimum Gasteiger partial charge on any atom is -0.258 e. The topological polar surface area (TPSA) is 12.4 Å². The molecule has 2 heteroatoms. The monoisotopic (exact) mass is 821 g/mol. The fourth-order valence-corrected chi connectivity index (χ4v) is 8.04. The molecule has 0 aliphatic rings. The van der Waals surface area contributed by atoms with E-state index in [2.05, 4.69) is 150 Å². The Hall–Kier alpha value is -6.09. The van der Waals surface area contributed by atoms with Gasteiger partial charge in [0.1, 0.15) is 0 Å². The number of benzene rings is 7. The van der Waals surface area contributed by atoms with E-state index in [4.69, 9.17) is 0 Å². The molecule has 0 N–H and O–H groups in total. The van der Waals surface area contributed by atoms with E-state index in [1.54, 1.807) is 0 Å². The standard InChI is InChI=1S/C28H24S.C11H13N.C9H10.C7H8.2C2H6/c1-17-9-5-6-10-21(17)28-18(2)13-14-22(20(28)4)24-16-25-23-11-7-8-12-26(23)29-27(25)15-19(24)3;1-9(2)12-10(3)11-7-5-4-6-8-11;1-8(2)9-6-4-3-5-7-9;1-7-5-3-2-4-6-7;2*1-2/h5-16H,1-4H3;4-8H,1H2,2-3H3;3-7H,1H2,2H3;2-6H,1H3;2*1-2H3. The molecule has 8 aromatic rings. The first-order valence-corrected chi connectivity index (χ1v) is 22.3. The summed E-state index contributed by atoms with van der Waals surface area (Å²) in [5, 5.41) is 2.72. The number of allylic oxidation sites excluding steroid dienone is 2. The number of nitrogens with zero attached hydrogens (tertiary/aromatic N) is 1. The van der Waals surface area contributed by atoms with Crippen LogP contribution < -0.4 is 0 Å². The molecule has 61 heavy (non-hydrogen) atoms. The lowest BCUT2D eigenvalue weighted by Gasteiger charge is -2.18. The number of rotatable bonds is 5. The highest BCUT2D eigenvalue weighted by atomic mass is 32.1. The van der Waals surface area contributed by atoms with Crippen molar-refractivity contribution in [3.05, 3.63) is 222 Å². The molecule has 8 rings (SSSR count). The van der Waals surface area contributed by atoms with Crippen LogP contribution in [0.15, 0.2) is 188 Å². The molecule has 0 saturated heterocycles. The van der Waals surface area contributed by atoms with Gasteiger partial charge in [-0.3, -0.25) is 4.99 Å². The van der Waals surface area contributed by atoms with Crippen molar-refractivity contribution in [2.24, 2.45) is 4.99 Å². The zero-order valence-electron chi connectivity index (χ0n) is 38.9. The lowest BCUT2D eigenvalue weighted by atomic mass is 9.86. The second-order valence-electron chi connectivity index (χ2n) is 14.6. The normalized spacial score (nSPS) is 10.2. The van der Waals surface area contributed by atoms with Crippen molar-refractivity contribution in [1.29, 1.82) is 0 Å². The average molecular weight is 822 g/mol. The van der Waals surface area contributed by atoms with Gasteiger partial charge in [0.05, 0.1) is 0 Å². The highest BCUT2D eigenvalue weighted by Gasteiger charge is 2.16. The summed E-state index contributed by atoms with van der Waals surface area (Å²) < 4.78 is 2.73. The van der Waals surface area contributed by atoms with Gasteiger partial charge in [0, 0.05) is 31.6 Å². The second kappa shape index (κ2) is 25.5.